The molecule has 16 heavy (non-hydrogen) atoms. The van der Waals surface area contributed by atoms with Gasteiger partial charge in [0.15, 0.2) is 0 Å². The monoisotopic (exact) mass is 223 g/mol. The highest BCUT2D eigenvalue weighted by Crippen LogP contribution is 2.48. The third-order valence-electron chi connectivity index (χ3n) is 5.44. The Morgan fingerprint density at radius 1 is 1.19 bits per heavy atom. The summed E-state index contributed by atoms with van der Waals surface area (Å²) in [6, 6.07) is 0.961. The lowest BCUT2D eigenvalue weighted by molar-refractivity contribution is -0.0200. The Hall–Kier alpha value is -0.0400. The molecule has 1 nitrogen and oxygen atoms in total. The van der Waals surface area contributed by atoms with E-state index in [0.29, 0.717) is 5.41 Å². The first kappa shape index (κ1) is 12.4. The minimum absolute atomic E-state index is 0.607. The standard InChI is InChI=1S/C15H29N/c1-5-13-9-10-16(14-7-8-14)11-15(13,6-2)12(3)4/h12-14H,5-11H2,1-4H3. The largest absolute Gasteiger partial charge is 0.300 e. The van der Waals surface area contributed by atoms with Crippen LogP contribution in [0.3, 0.4) is 0 Å². The first-order valence-corrected chi connectivity index (χ1v) is 7.38. The van der Waals surface area contributed by atoms with Crippen molar-refractivity contribution in [3.05, 3.63) is 0 Å². The van der Waals surface area contributed by atoms with Crippen LogP contribution >= 0.6 is 0 Å². The Bertz CT molecular complexity index is 232. The SMILES string of the molecule is CCC1CCN(C2CC2)CC1(CC)C(C)C. The smallest absolute Gasteiger partial charge is 0.00966 e. The molecule has 94 valence electrons. The molecule has 0 aromatic carbocycles. The highest BCUT2D eigenvalue weighted by Gasteiger charge is 2.46. The van der Waals surface area contributed by atoms with Crippen molar-refractivity contribution in [2.75, 3.05) is 13.1 Å². The molecule has 1 heterocycles. The second-order valence-corrected chi connectivity index (χ2v) is 6.34. The molecule has 0 radical (unpaired) electrons. The van der Waals surface area contributed by atoms with Crippen LogP contribution in [0.25, 0.3) is 0 Å². The van der Waals surface area contributed by atoms with Crippen molar-refractivity contribution in [2.45, 2.75) is 65.8 Å². The lowest BCUT2D eigenvalue weighted by atomic mass is 9.62. The predicted molar refractivity (Wildman–Crippen MR) is 70.6 cm³/mol. The molecule has 0 bridgehead atoms. The first-order chi connectivity index (χ1) is 7.64. The first-order valence-electron chi connectivity index (χ1n) is 7.38. The van der Waals surface area contributed by atoms with Crippen LogP contribution in [-0.2, 0) is 0 Å². The molecule has 0 aromatic rings. The fraction of sp³-hybridized carbons (Fsp3) is 1.00. The van der Waals surface area contributed by atoms with Gasteiger partial charge in [-0.2, -0.15) is 0 Å². The van der Waals surface area contributed by atoms with Gasteiger partial charge in [-0.3, -0.25) is 4.90 Å². The number of rotatable bonds is 4. The van der Waals surface area contributed by atoms with Gasteiger partial charge in [-0.05, 0) is 49.5 Å². The summed E-state index contributed by atoms with van der Waals surface area (Å²) in [6.45, 7) is 12.5. The lowest BCUT2D eigenvalue weighted by Gasteiger charge is -2.51. The van der Waals surface area contributed by atoms with Crippen LogP contribution in [0.4, 0.5) is 0 Å². The van der Waals surface area contributed by atoms with Crippen molar-refractivity contribution in [1.82, 2.24) is 4.90 Å². The molecule has 2 rings (SSSR count). The molecule has 1 saturated carbocycles. The van der Waals surface area contributed by atoms with E-state index >= 15 is 0 Å². The molecular formula is C15H29N. The minimum Gasteiger partial charge on any atom is -0.300 e. The average molecular weight is 223 g/mol. The van der Waals surface area contributed by atoms with E-state index in [2.05, 4.69) is 32.6 Å². The topological polar surface area (TPSA) is 3.24 Å². The molecule has 1 aliphatic carbocycles. The van der Waals surface area contributed by atoms with Crippen molar-refractivity contribution in [1.29, 1.82) is 0 Å². The molecule has 1 saturated heterocycles. The maximum Gasteiger partial charge on any atom is 0.00966 e. The number of nitrogens with zero attached hydrogens (tertiary/aromatic N) is 1. The van der Waals surface area contributed by atoms with E-state index in [1.54, 1.807) is 0 Å². The van der Waals surface area contributed by atoms with Crippen LogP contribution in [0.1, 0.15) is 59.8 Å². The summed E-state index contributed by atoms with van der Waals surface area (Å²) in [5.74, 6) is 1.80. The van der Waals surface area contributed by atoms with Crippen molar-refractivity contribution in [3.63, 3.8) is 0 Å². The van der Waals surface area contributed by atoms with Gasteiger partial charge in [-0.25, -0.2) is 0 Å². The van der Waals surface area contributed by atoms with Gasteiger partial charge in [-0.1, -0.05) is 34.1 Å². The second kappa shape index (κ2) is 4.68. The van der Waals surface area contributed by atoms with Crippen molar-refractivity contribution in [3.8, 4) is 0 Å². The average Bonchev–Trinajstić information content (AvgIpc) is 3.11. The highest BCUT2D eigenvalue weighted by molar-refractivity contribution is 4.98. The van der Waals surface area contributed by atoms with E-state index in [1.807, 2.05) is 0 Å². The molecule has 0 aromatic heterocycles. The summed E-state index contributed by atoms with van der Waals surface area (Å²) in [5.41, 5.74) is 0.607. The number of hydrogen-bond acceptors (Lipinski definition) is 1. The molecular weight excluding hydrogens is 194 g/mol. The zero-order valence-electron chi connectivity index (χ0n) is 11.6. The van der Waals surface area contributed by atoms with E-state index in [1.165, 1.54) is 45.2 Å². The van der Waals surface area contributed by atoms with Crippen LogP contribution in [-0.4, -0.2) is 24.0 Å². The van der Waals surface area contributed by atoms with Gasteiger partial charge < -0.3 is 0 Å². The number of hydrogen-bond donors (Lipinski definition) is 0. The van der Waals surface area contributed by atoms with Crippen molar-refractivity contribution < 1.29 is 0 Å². The Morgan fingerprint density at radius 2 is 1.88 bits per heavy atom. The Kier molecular flexibility index (Phi) is 3.63. The van der Waals surface area contributed by atoms with Gasteiger partial charge in [0.25, 0.3) is 0 Å². The summed E-state index contributed by atoms with van der Waals surface area (Å²) in [6.07, 6.45) is 7.12. The van der Waals surface area contributed by atoms with Gasteiger partial charge >= 0.3 is 0 Å². The minimum atomic E-state index is 0.607. The molecule has 2 unspecified atom stereocenters. The Balaban J connectivity index is 2.13. The molecule has 0 amide bonds. The van der Waals surface area contributed by atoms with Crippen molar-refractivity contribution >= 4 is 0 Å². The van der Waals surface area contributed by atoms with Gasteiger partial charge in [0.1, 0.15) is 0 Å². The van der Waals surface area contributed by atoms with Crippen LogP contribution in [0.2, 0.25) is 0 Å². The zero-order chi connectivity index (χ0) is 11.8. The molecule has 1 aliphatic heterocycles. The quantitative estimate of drug-likeness (QED) is 0.698. The van der Waals surface area contributed by atoms with Crippen LogP contribution in [0.5, 0.6) is 0 Å². The molecule has 2 fully saturated rings. The number of piperidine rings is 1. The fourth-order valence-corrected chi connectivity index (χ4v) is 4.02. The van der Waals surface area contributed by atoms with E-state index in [4.69, 9.17) is 0 Å². The van der Waals surface area contributed by atoms with Gasteiger partial charge in [0.05, 0.1) is 0 Å². The van der Waals surface area contributed by atoms with Crippen LogP contribution in [0.15, 0.2) is 0 Å². The fourth-order valence-electron chi connectivity index (χ4n) is 4.02. The zero-order valence-corrected chi connectivity index (χ0v) is 11.6. The van der Waals surface area contributed by atoms with Crippen LogP contribution < -0.4 is 0 Å². The molecule has 2 atom stereocenters. The van der Waals surface area contributed by atoms with Crippen LogP contribution in [0, 0.1) is 17.3 Å². The van der Waals surface area contributed by atoms with Gasteiger partial charge in [0.2, 0.25) is 0 Å². The van der Waals surface area contributed by atoms with E-state index in [0.717, 1.165) is 17.9 Å². The van der Waals surface area contributed by atoms with Gasteiger partial charge in [-0.15, -0.1) is 0 Å². The molecule has 0 N–H and O–H groups in total. The molecule has 1 heteroatoms. The molecule has 0 spiro atoms. The normalized spacial score (nSPS) is 36.9. The summed E-state index contributed by atoms with van der Waals surface area (Å²) < 4.78 is 0. The lowest BCUT2D eigenvalue weighted by Crippen LogP contribution is -2.51. The molecule has 2 aliphatic rings. The summed E-state index contributed by atoms with van der Waals surface area (Å²) in [4.78, 5) is 2.80. The highest BCUT2D eigenvalue weighted by atomic mass is 15.2. The maximum absolute atomic E-state index is 2.80. The van der Waals surface area contributed by atoms with Gasteiger partial charge in [0, 0.05) is 12.6 Å². The summed E-state index contributed by atoms with van der Waals surface area (Å²) in [5, 5.41) is 0. The number of likely N-dealkylation sites (tertiary alicyclic amines) is 1. The Morgan fingerprint density at radius 3 is 2.31 bits per heavy atom. The Labute approximate surface area is 102 Å². The maximum atomic E-state index is 2.80. The van der Waals surface area contributed by atoms with E-state index in [-0.39, 0.29) is 0 Å². The van der Waals surface area contributed by atoms with E-state index < -0.39 is 0 Å². The second-order valence-electron chi connectivity index (χ2n) is 6.34. The van der Waals surface area contributed by atoms with Crippen molar-refractivity contribution in [2.24, 2.45) is 17.3 Å². The third-order valence-corrected chi connectivity index (χ3v) is 5.44. The third kappa shape index (κ3) is 2.03. The van der Waals surface area contributed by atoms with E-state index in [9.17, 15) is 0 Å². The summed E-state index contributed by atoms with van der Waals surface area (Å²) >= 11 is 0. The summed E-state index contributed by atoms with van der Waals surface area (Å²) in [7, 11) is 0. The predicted octanol–water partition coefficient (Wildman–Crippen LogP) is 3.93.